The van der Waals surface area contributed by atoms with E-state index >= 15 is 0 Å². The Morgan fingerprint density at radius 2 is 1.60 bits per heavy atom. The van der Waals surface area contributed by atoms with Gasteiger partial charge in [-0.3, -0.25) is 0 Å². The van der Waals surface area contributed by atoms with Gasteiger partial charge in [0.1, 0.15) is 11.0 Å². The minimum Gasteiger partial charge on any atom is -0.508 e. The van der Waals surface area contributed by atoms with Crippen molar-refractivity contribution in [3.63, 3.8) is 0 Å². The average molecular weight is 621 g/mol. The highest BCUT2D eigenvalue weighted by atomic mass is 32.2. The zero-order valence-corrected chi connectivity index (χ0v) is 27.3. The maximum absolute atomic E-state index is 13.3. The first kappa shape index (κ1) is 32.9. The standard InChI is InChI=1S/C35H44O6SSi/c1-5-26(21-27-13-12-14-29(37)22-27)19-20-32(38)34-28(25-42(39,40)33(34)23-36)24-41-43(35(2,3)4,30-15-8-6-9-16-30)31-17-10-7-11-18-31/h6-18,21-22,32-33,36-38H,5,19-20,23-25H2,1-4H3/b26-21+/t32-,33+/m1/s1. The Morgan fingerprint density at radius 3 is 2.12 bits per heavy atom. The molecule has 0 unspecified atom stereocenters. The minimum absolute atomic E-state index is 0.0508. The monoisotopic (exact) mass is 620 g/mol. The summed E-state index contributed by atoms with van der Waals surface area (Å²) < 4.78 is 33.6. The highest BCUT2D eigenvalue weighted by Gasteiger charge is 2.51. The van der Waals surface area contributed by atoms with Crippen molar-refractivity contribution in [3.05, 3.63) is 107 Å². The van der Waals surface area contributed by atoms with Crippen LogP contribution in [0.1, 0.15) is 52.5 Å². The molecule has 230 valence electrons. The first-order valence-electron chi connectivity index (χ1n) is 14.9. The highest BCUT2D eigenvalue weighted by Crippen LogP contribution is 2.39. The summed E-state index contributed by atoms with van der Waals surface area (Å²) >= 11 is 0. The predicted molar refractivity (Wildman–Crippen MR) is 177 cm³/mol. The zero-order valence-electron chi connectivity index (χ0n) is 25.5. The predicted octanol–water partition coefficient (Wildman–Crippen LogP) is 4.99. The molecular formula is C35H44O6SSi. The number of phenolic OH excluding ortho intramolecular Hbond substituents is 1. The van der Waals surface area contributed by atoms with Crippen LogP contribution in [0.2, 0.25) is 5.04 Å². The van der Waals surface area contributed by atoms with E-state index in [1.165, 1.54) is 0 Å². The van der Waals surface area contributed by atoms with Crippen molar-refractivity contribution in [2.45, 2.75) is 63.3 Å². The van der Waals surface area contributed by atoms with Crippen molar-refractivity contribution >= 4 is 34.6 Å². The molecule has 1 aliphatic rings. The van der Waals surface area contributed by atoms with Gasteiger partial charge in [0.15, 0.2) is 9.84 Å². The maximum Gasteiger partial charge on any atom is 0.261 e. The molecule has 0 amide bonds. The molecule has 3 aromatic rings. The van der Waals surface area contributed by atoms with Gasteiger partial charge in [0.2, 0.25) is 0 Å². The molecule has 0 aliphatic carbocycles. The second-order valence-corrected chi connectivity index (χ2v) is 18.8. The van der Waals surface area contributed by atoms with E-state index in [9.17, 15) is 23.7 Å². The Hall–Kier alpha value is -3.01. The van der Waals surface area contributed by atoms with Crippen LogP contribution in [0, 0.1) is 0 Å². The van der Waals surface area contributed by atoms with Gasteiger partial charge in [-0.25, -0.2) is 8.42 Å². The second kappa shape index (κ2) is 13.7. The van der Waals surface area contributed by atoms with Gasteiger partial charge in [0.05, 0.1) is 25.1 Å². The summed E-state index contributed by atoms with van der Waals surface area (Å²) in [5.74, 6) is -0.0651. The number of rotatable bonds is 12. The molecule has 43 heavy (non-hydrogen) atoms. The highest BCUT2D eigenvalue weighted by molar-refractivity contribution is 7.92. The number of aliphatic hydroxyl groups is 2. The van der Waals surface area contributed by atoms with Crippen LogP contribution in [-0.4, -0.2) is 62.4 Å². The van der Waals surface area contributed by atoms with Gasteiger partial charge in [-0.2, -0.15) is 0 Å². The first-order valence-corrected chi connectivity index (χ1v) is 18.5. The molecule has 4 rings (SSSR count). The molecule has 3 N–H and O–H groups in total. The van der Waals surface area contributed by atoms with Crippen molar-refractivity contribution < 1.29 is 28.2 Å². The van der Waals surface area contributed by atoms with E-state index in [2.05, 4.69) is 45.0 Å². The second-order valence-electron chi connectivity index (χ2n) is 12.3. The number of benzene rings is 3. The van der Waals surface area contributed by atoms with Gasteiger partial charge in [-0.1, -0.05) is 112 Å². The lowest BCUT2D eigenvalue weighted by atomic mass is 9.94. The number of phenols is 1. The summed E-state index contributed by atoms with van der Waals surface area (Å²) in [5.41, 5.74) is 2.83. The SMILES string of the molecule is CC/C(=C\c1cccc(O)c1)CC[C@@H](O)C1=C(CO[Si](c2ccccc2)(c2ccccc2)C(C)(C)C)CS(=O)(=O)[C@H]1CO. The van der Waals surface area contributed by atoms with E-state index in [4.69, 9.17) is 4.43 Å². The van der Waals surface area contributed by atoms with Crippen LogP contribution in [0.3, 0.4) is 0 Å². The lowest BCUT2D eigenvalue weighted by molar-refractivity contribution is 0.186. The number of hydrogen-bond donors (Lipinski definition) is 3. The zero-order chi connectivity index (χ0) is 31.3. The summed E-state index contributed by atoms with van der Waals surface area (Å²) in [5, 5.41) is 32.2. The van der Waals surface area contributed by atoms with Crippen LogP contribution in [0.4, 0.5) is 0 Å². The molecule has 0 aromatic heterocycles. The molecule has 0 bridgehead atoms. The van der Waals surface area contributed by atoms with Crippen LogP contribution >= 0.6 is 0 Å². The smallest absolute Gasteiger partial charge is 0.261 e. The Balaban J connectivity index is 1.69. The van der Waals surface area contributed by atoms with Crippen LogP contribution in [-0.2, 0) is 14.3 Å². The van der Waals surface area contributed by atoms with Crippen molar-refractivity contribution in [2.24, 2.45) is 0 Å². The summed E-state index contributed by atoms with van der Waals surface area (Å²) in [7, 11) is -6.65. The van der Waals surface area contributed by atoms with Gasteiger partial charge in [-0.05, 0) is 63.5 Å². The molecule has 2 atom stereocenters. The average Bonchev–Trinajstić information content (AvgIpc) is 3.25. The number of aromatic hydroxyl groups is 1. The normalized spacial score (nSPS) is 18.2. The number of sulfone groups is 1. The van der Waals surface area contributed by atoms with Crippen LogP contribution in [0.25, 0.3) is 6.08 Å². The topological polar surface area (TPSA) is 104 Å². The quantitative estimate of drug-likeness (QED) is 0.195. The lowest BCUT2D eigenvalue weighted by Crippen LogP contribution is -2.66. The molecule has 0 saturated heterocycles. The molecule has 0 fully saturated rings. The number of hydrogen-bond acceptors (Lipinski definition) is 6. The van der Waals surface area contributed by atoms with E-state index in [0.717, 1.165) is 27.9 Å². The third-order valence-corrected chi connectivity index (χ3v) is 15.4. The number of allylic oxidation sites excluding steroid dienone is 1. The van der Waals surface area contributed by atoms with Gasteiger partial charge < -0.3 is 19.7 Å². The fourth-order valence-electron chi connectivity index (χ4n) is 6.27. The lowest BCUT2D eigenvalue weighted by Gasteiger charge is -2.43. The fraction of sp³-hybridized carbons (Fsp3) is 0.371. The van der Waals surface area contributed by atoms with E-state index in [1.807, 2.05) is 55.5 Å². The van der Waals surface area contributed by atoms with Crippen LogP contribution in [0.5, 0.6) is 5.75 Å². The molecule has 1 aliphatic heterocycles. The molecule has 6 nitrogen and oxygen atoms in total. The van der Waals surface area contributed by atoms with Gasteiger partial charge in [0, 0.05) is 0 Å². The Bertz CT molecular complexity index is 1500. The third-order valence-electron chi connectivity index (χ3n) is 8.40. The van der Waals surface area contributed by atoms with Crippen molar-refractivity contribution in [3.8, 4) is 5.75 Å². The van der Waals surface area contributed by atoms with E-state index in [1.54, 1.807) is 18.2 Å². The van der Waals surface area contributed by atoms with Crippen molar-refractivity contribution in [1.29, 1.82) is 0 Å². The van der Waals surface area contributed by atoms with Crippen molar-refractivity contribution in [1.82, 2.24) is 0 Å². The van der Waals surface area contributed by atoms with Gasteiger partial charge >= 0.3 is 0 Å². The Morgan fingerprint density at radius 1 is 1.00 bits per heavy atom. The molecular weight excluding hydrogens is 577 g/mol. The molecule has 3 aromatic carbocycles. The fourth-order valence-corrected chi connectivity index (χ4v) is 12.7. The third kappa shape index (κ3) is 7.21. The molecule has 8 heteroatoms. The largest absolute Gasteiger partial charge is 0.508 e. The summed E-state index contributed by atoms with van der Waals surface area (Å²) in [6.45, 7) is 7.98. The van der Waals surface area contributed by atoms with Crippen LogP contribution < -0.4 is 10.4 Å². The van der Waals surface area contributed by atoms with Crippen molar-refractivity contribution in [2.75, 3.05) is 19.0 Å². The summed E-state index contributed by atoms with van der Waals surface area (Å²) in [6, 6.07) is 27.3. The maximum atomic E-state index is 13.3. The molecule has 0 saturated carbocycles. The van der Waals surface area contributed by atoms with E-state index < -0.39 is 36.1 Å². The first-order chi connectivity index (χ1) is 20.4. The Labute approximate surface area is 257 Å². The van der Waals surface area contributed by atoms with E-state index in [0.29, 0.717) is 24.0 Å². The molecule has 0 spiro atoms. The Kier molecular flexibility index (Phi) is 10.5. The van der Waals surface area contributed by atoms with Gasteiger partial charge in [-0.15, -0.1) is 0 Å². The molecule has 1 heterocycles. The van der Waals surface area contributed by atoms with Gasteiger partial charge in [0.25, 0.3) is 8.32 Å². The summed E-state index contributed by atoms with van der Waals surface area (Å²) in [4.78, 5) is 0. The summed E-state index contributed by atoms with van der Waals surface area (Å²) in [6.07, 6.45) is 2.53. The number of aliphatic hydroxyl groups excluding tert-OH is 2. The van der Waals surface area contributed by atoms with E-state index in [-0.39, 0.29) is 23.1 Å². The molecule has 0 radical (unpaired) electrons. The van der Waals surface area contributed by atoms with Crippen LogP contribution in [0.15, 0.2) is 102 Å². The minimum atomic E-state index is -3.70.